The molecular weight excluding hydrogens is 432 g/mol. The summed E-state index contributed by atoms with van der Waals surface area (Å²) in [4.78, 5) is 13.1. The van der Waals surface area contributed by atoms with Crippen molar-refractivity contribution < 1.29 is 22.0 Å². The number of fused-ring (bicyclic) bond motifs is 1. The Kier molecular flexibility index (Phi) is 5.37. The second-order valence-corrected chi connectivity index (χ2v) is 9.93. The molecule has 6 nitrogen and oxygen atoms in total. The number of halogens is 2. The van der Waals surface area contributed by atoms with Crippen LogP contribution in [0.3, 0.4) is 0 Å². The van der Waals surface area contributed by atoms with Crippen molar-refractivity contribution in [1.82, 2.24) is 9.78 Å². The number of nitrogens with zero attached hydrogens (tertiary/aromatic N) is 2. The molecule has 1 aliphatic rings. The average Bonchev–Trinajstić information content (AvgIpc) is 3.14. The number of benzene rings is 2. The molecule has 0 saturated heterocycles. The van der Waals surface area contributed by atoms with Crippen LogP contribution in [0.5, 0.6) is 0 Å². The van der Waals surface area contributed by atoms with Crippen LogP contribution in [0.4, 0.5) is 14.6 Å². The van der Waals surface area contributed by atoms with Gasteiger partial charge in [0.25, 0.3) is 11.7 Å². The van der Waals surface area contributed by atoms with Gasteiger partial charge < -0.3 is 5.32 Å². The highest BCUT2D eigenvalue weighted by Gasteiger charge is 2.33. The predicted octanol–water partition coefficient (Wildman–Crippen LogP) is 4.18. The van der Waals surface area contributed by atoms with Crippen molar-refractivity contribution in [3.05, 3.63) is 70.9 Å². The van der Waals surface area contributed by atoms with Gasteiger partial charge in [-0.15, -0.1) is 0 Å². The first kappa shape index (κ1) is 20.5. The van der Waals surface area contributed by atoms with Gasteiger partial charge in [-0.05, 0) is 30.7 Å². The number of para-hydroxylation sites is 1. The Morgan fingerprint density at radius 1 is 1.13 bits per heavy atom. The fourth-order valence-corrected chi connectivity index (χ4v) is 5.50. The summed E-state index contributed by atoms with van der Waals surface area (Å²) in [5.74, 6) is -3.49. The minimum atomic E-state index is -3.35. The Morgan fingerprint density at radius 3 is 2.57 bits per heavy atom. The minimum Gasteiger partial charge on any atom is -0.306 e. The summed E-state index contributed by atoms with van der Waals surface area (Å²) in [6, 6.07) is 13.4. The highest BCUT2D eigenvalue weighted by Crippen LogP contribution is 2.35. The van der Waals surface area contributed by atoms with E-state index in [1.807, 2.05) is 31.2 Å². The topological polar surface area (TPSA) is 81.1 Å². The number of anilines is 1. The van der Waals surface area contributed by atoms with E-state index in [0.29, 0.717) is 16.9 Å². The Balaban J connectivity index is 1.78. The number of amides is 1. The van der Waals surface area contributed by atoms with E-state index in [1.54, 1.807) is 12.1 Å². The van der Waals surface area contributed by atoms with Crippen molar-refractivity contribution in [2.75, 3.05) is 5.32 Å². The summed E-state index contributed by atoms with van der Waals surface area (Å²) in [5, 5.41) is 7.16. The number of carbonyl (C=O) groups is 1. The fraction of sp³-hybridized carbons (Fsp3) is 0.200. The lowest BCUT2D eigenvalue weighted by atomic mass is 10.2. The maximum atomic E-state index is 13.0. The van der Waals surface area contributed by atoms with Gasteiger partial charge in [0.2, 0.25) is 0 Å². The lowest BCUT2D eigenvalue weighted by Crippen LogP contribution is -2.18. The number of thioether (sulfide) groups is 1. The summed E-state index contributed by atoms with van der Waals surface area (Å²) < 4.78 is 51.5. The predicted molar refractivity (Wildman–Crippen MR) is 111 cm³/mol. The van der Waals surface area contributed by atoms with Gasteiger partial charge in [0.15, 0.2) is 9.84 Å². The zero-order valence-electron chi connectivity index (χ0n) is 15.8. The molecule has 0 radical (unpaired) electrons. The van der Waals surface area contributed by atoms with Crippen molar-refractivity contribution in [2.24, 2.45) is 0 Å². The SMILES string of the molecule is Cc1ccccc1-n1nc2c(c1NC(=O)c1ccccc1SC(F)F)CS(=O)(=O)C2. The zero-order chi connectivity index (χ0) is 21.5. The molecule has 0 saturated carbocycles. The van der Waals surface area contributed by atoms with Gasteiger partial charge in [-0.1, -0.05) is 42.1 Å². The second-order valence-electron chi connectivity index (χ2n) is 6.83. The average molecular weight is 450 g/mol. The number of rotatable bonds is 5. The molecular formula is C20H17F2N3O3S2. The molecule has 1 amide bonds. The lowest BCUT2D eigenvalue weighted by Gasteiger charge is -2.14. The van der Waals surface area contributed by atoms with E-state index in [-0.39, 0.29) is 39.5 Å². The van der Waals surface area contributed by atoms with Gasteiger partial charge in [0.05, 0.1) is 28.5 Å². The molecule has 2 aromatic carbocycles. The van der Waals surface area contributed by atoms with Gasteiger partial charge in [-0.25, -0.2) is 13.1 Å². The van der Waals surface area contributed by atoms with E-state index in [9.17, 15) is 22.0 Å². The quantitative estimate of drug-likeness (QED) is 0.591. The molecule has 1 aliphatic heterocycles. The maximum absolute atomic E-state index is 13.0. The van der Waals surface area contributed by atoms with E-state index in [1.165, 1.54) is 16.8 Å². The number of nitrogens with one attached hydrogen (secondary N) is 1. The van der Waals surface area contributed by atoms with E-state index in [4.69, 9.17) is 0 Å². The molecule has 0 bridgehead atoms. The highest BCUT2D eigenvalue weighted by molar-refractivity contribution is 7.99. The van der Waals surface area contributed by atoms with Crippen LogP contribution in [0.25, 0.3) is 5.69 Å². The summed E-state index contributed by atoms with van der Waals surface area (Å²) >= 11 is 0.282. The van der Waals surface area contributed by atoms with Gasteiger partial charge in [0, 0.05) is 10.5 Å². The van der Waals surface area contributed by atoms with Crippen LogP contribution >= 0.6 is 11.8 Å². The van der Waals surface area contributed by atoms with Crippen molar-refractivity contribution in [1.29, 1.82) is 0 Å². The number of carbonyl (C=O) groups excluding carboxylic acids is 1. The largest absolute Gasteiger partial charge is 0.306 e. The smallest absolute Gasteiger partial charge is 0.288 e. The number of hydrogen-bond donors (Lipinski definition) is 1. The Hall–Kier alpha value is -2.72. The fourth-order valence-electron chi connectivity index (χ4n) is 3.37. The van der Waals surface area contributed by atoms with Crippen LogP contribution in [0, 0.1) is 6.92 Å². The van der Waals surface area contributed by atoms with Crippen LogP contribution in [-0.2, 0) is 21.3 Å². The van der Waals surface area contributed by atoms with Gasteiger partial charge >= 0.3 is 0 Å². The molecule has 0 atom stereocenters. The zero-order valence-corrected chi connectivity index (χ0v) is 17.4. The number of aryl methyl sites for hydroxylation is 1. The van der Waals surface area contributed by atoms with Crippen LogP contribution in [0.1, 0.15) is 27.2 Å². The molecule has 4 rings (SSSR count). The van der Waals surface area contributed by atoms with Crippen molar-refractivity contribution in [3.8, 4) is 5.69 Å². The maximum Gasteiger partial charge on any atom is 0.288 e. The third-order valence-corrected chi connectivity index (χ3v) is 6.94. The van der Waals surface area contributed by atoms with Crippen LogP contribution < -0.4 is 5.32 Å². The van der Waals surface area contributed by atoms with E-state index >= 15 is 0 Å². The van der Waals surface area contributed by atoms with Gasteiger partial charge in [-0.3, -0.25) is 4.79 Å². The van der Waals surface area contributed by atoms with E-state index in [2.05, 4.69) is 10.4 Å². The Bertz CT molecular complexity index is 1240. The molecule has 0 spiro atoms. The molecule has 0 aliphatic carbocycles. The molecule has 10 heteroatoms. The Labute approximate surface area is 176 Å². The molecule has 1 N–H and O–H groups in total. The van der Waals surface area contributed by atoms with E-state index in [0.717, 1.165) is 5.56 Å². The number of aromatic nitrogens is 2. The molecule has 3 aromatic rings. The first-order valence-corrected chi connectivity index (χ1v) is 11.7. The first-order valence-electron chi connectivity index (χ1n) is 8.97. The van der Waals surface area contributed by atoms with Gasteiger partial charge in [0.1, 0.15) is 5.82 Å². The van der Waals surface area contributed by atoms with Crippen molar-refractivity contribution in [3.63, 3.8) is 0 Å². The monoisotopic (exact) mass is 449 g/mol. The third-order valence-electron chi connectivity index (χ3n) is 4.71. The molecule has 156 valence electrons. The van der Waals surface area contributed by atoms with Crippen LogP contribution in [0.2, 0.25) is 0 Å². The highest BCUT2D eigenvalue weighted by atomic mass is 32.2. The molecule has 0 fully saturated rings. The minimum absolute atomic E-state index is 0.0786. The van der Waals surface area contributed by atoms with Crippen molar-refractivity contribution >= 4 is 33.3 Å². The molecule has 30 heavy (non-hydrogen) atoms. The summed E-state index contributed by atoms with van der Waals surface area (Å²) in [6.07, 6.45) is 0. The number of hydrogen-bond acceptors (Lipinski definition) is 5. The van der Waals surface area contributed by atoms with E-state index < -0.39 is 21.5 Å². The lowest BCUT2D eigenvalue weighted by molar-refractivity contribution is 0.102. The number of sulfone groups is 1. The standard InChI is InChI=1S/C20H17F2N3O3S2/c1-12-6-2-4-8-16(12)25-18(14-10-30(27,28)11-15(14)24-25)23-19(26)13-7-3-5-9-17(13)29-20(21)22/h2-9,20H,10-11H2,1H3,(H,23,26). The first-order chi connectivity index (χ1) is 14.2. The van der Waals surface area contributed by atoms with Crippen molar-refractivity contribution in [2.45, 2.75) is 29.1 Å². The molecule has 1 aromatic heterocycles. The summed E-state index contributed by atoms with van der Waals surface area (Å²) in [6.45, 7) is 1.87. The second kappa shape index (κ2) is 7.84. The number of alkyl halides is 2. The summed E-state index contributed by atoms with van der Waals surface area (Å²) in [5.41, 5.74) is 2.45. The van der Waals surface area contributed by atoms with Crippen LogP contribution in [-0.4, -0.2) is 29.9 Å². The van der Waals surface area contributed by atoms with Gasteiger partial charge in [-0.2, -0.15) is 13.9 Å². The Morgan fingerprint density at radius 2 is 1.83 bits per heavy atom. The van der Waals surface area contributed by atoms with Crippen LogP contribution in [0.15, 0.2) is 53.4 Å². The normalized spacial score (nSPS) is 14.7. The third kappa shape index (κ3) is 3.97. The molecule has 0 unspecified atom stereocenters. The summed E-state index contributed by atoms with van der Waals surface area (Å²) in [7, 11) is -3.35. The molecule has 2 heterocycles.